The maximum Gasteiger partial charge on any atom is 0.317 e. The van der Waals surface area contributed by atoms with Gasteiger partial charge in [0.1, 0.15) is 0 Å². The molecule has 2 unspecified atom stereocenters. The maximum absolute atomic E-state index is 11.8. The molecular weight excluding hydrogens is 204 g/mol. The van der Waals surface area contributed by atoms with Crippen LogP contribution in [0.2, 0.25) is 0 Å². The van der Waals surface area contributed by atoms with Crippen molar-refractivity contribution in [2.24, 2.45) is 5.92 Å². The Kier molecular flexibility index (Phi) is 5.06. The predicted molar refractivity (Wildman–Crippen MR) is 64.4 cm³/mol. The van der Waals surface area contributed by atoms with Crippen LogP contribution in [0.25, 0.3) is 0 Å². The molecule has 2 amide bonds. The second-order valence-corrected chi connectivity index (χ2v) is 5.08. The summed E-state index contributed by atoms with van der Waals surface area (Å²) >= 11 is 0. The third kappa shape index (κ3) is 4.39. The minimum absolute atomic E-state index is 0.0441. The third-order valence-electron chi connectivity index (χ3n) is 2.70. The number of morpholine rings is 1. The van der Waals surface area contributed by atoms with Gasteiger partial charge in [-0.1, -0.05) is 13.8 Å². The second kappa shape index (κ2) is 6.09. The Hall–Kier alpha value is -0.770. The Morgan fingerprint density at radius 2 is 1.94 bits per heavy atom. The van der Waals surface area contributed by atoms with E-state index in [1.165, 1.54) is 0 Å². The van der Waals surface area contributed by atoms with Crippen molar-refractivity contribution in [3.63, 3.8) is 0 Å². The van der Waals surface area contributed by atoms with Gasteiger partial charge in [0, 0.05) is 19.6 Å². The standard InChI is InChI=1S/C12H24N2O2/c1-9(2)5-6-13-12(15)14-7-10(3)16-11(4)8-14/h9-11H,5-8H2,1-4H3,(H,13,15). The number of carbonyl (C=O) groups is 1. The fraction of sp³-hybridized carbons (Fsp3) is 0.917. The van der Waals surface area contributed by atoms with Gasteiger partial charge in [0.2, 0.25) is 0 Å². The number of hydrogen-bond donors (Lipinski definition) is 1. The summed E-state index contributed by atoms with van der Waals surface area (Å²) in [7, 11) is 0. The molecule has 2 atom stereocenters. The topological polar surface area (TPSA) is 41.6 Å². The van der Waals surface area contributed by atoms with Crippen LogP contribution in [0.4, 0.5) is 4.79 Å². The van der Waals surface area contributed by atoms with E-state index in [2.05, 4.69) is 19.2 Å². The van der Waals surface area contributed by atoms with Crippen molar-refractivity contribution in [2.45, 2.75) is 46.3 Å². The zero-order valence-corrected chi connectivity index (χ0v) is 10.8. The van der Waals surface area contributed by atoms with E-state index < -0.39 is 0 Å². The van der Waals surface area contributed by atoms with E-state index in [1.54, 1.807) is 0 Å². The SMILES string of the molecule is CC(C)CCNC(=O)N1CC(C)OC(C)C1. The summed E-state index contributed by atoms with van der Waals surface area (Å²) < 4.78 is 5.59. The molecule has 1 rings (SSSR count). The van der Waals surface area contributed by atoms with Crippen LogP contribution in [0.1, 0.15) is 34.1 Å². The zero-order valence-electron chi connectivity index (χ0n) is 10.8. The quantitative estimate of drug-likeness (QED) is 0.801. The highest BCUT2D eigenvalue weighted by Gasteiger charge is 2.25. The molecule has 0 aliphatic carbocycles. The lowest BCUT2D eigenvalue weighted by molar-refractivity contribution is -0.0545. The molecule has 0 saturated carbocycles. The number of ether oxygens (including phenoxy) is 1. The largest absolute Gasteiger partial charge is 0.372 e. The number of amides is 2. The van der Waals surface area contributed by atoms with Gasteiger partial charge in [0.25, 0.3) is 0 Å². The first-order valence-electron chi connectivity index (χ1n) is 6.17. The summed E-state index contributed by atoms with van der Waals surface area (Å²) in [5.41, 5.74) is 0. The van der Waals surface area contributed by atoms with Gasteiger partial charge >= 0.3 is 6.03 Å². The van der Waals surface area contributed by atoms with Gasteiger partial charge in [0.05, 0.1) is 12.2 Å². The molecule has 1 fully saturated rings. The molecule has 0 radical (unpaired) electrons. The summed E-state index contributed by atoms with van der Waals surface area (Å²) in [6, 6.07) is 0.0441. The minimum Gasteiger partial charge on any atom is -0.372 e. The van der Waals surface area contributed by atoms with E-state index in [-0.39, 0.29) is 18.2 Å². The Labute approximate surface area is 98.3 Å². The van der Waals surface area contributed by atoms with E-state index in [9.17, 15) is 4.79 Å². The first-order valence-corrected chi connectivity index (χ1v) is 6.17. The van der Waals surface area contributed by atoms with Gasteiger partial charge in [-0.2, -0.15) is 0 Å². The smallest absolute Gasteiger partial charge is 0.317 e. The Morgan fingerprint density at radius 3 is 2.44 bits per heavy atom. The highest BCUT2D eigenvalue weighted by atomic mass is 16.5. The molecule has 1 aliphatic rings. The molecule has 0 aromatic carbocycles. The van der Waals surface area contributed by atoms with E-state index in [4.69, 9.17) is 4.74 Å². The lowest BCUT2D eigenvalue weighted by Crippen LogP contribution is -2.51. The predicted octanol–water partition coefficient (Wildman–Crippen LogP) is 1.85. The molecule has 0 spiro atoms. The summed E-state index contributed by atoms with van der Waals surface area (Å²) in [6.07, 6.45) is 1.31. The highest BCUT2D eigenvalue weighted by Crippen LogP contribution is 2.10. The average Bonchev–Trinajstić information content (AvgIpc) is 2.15. The highest BCUT2D eigenvalue weighted by molar-refractivity contribution is 5.74. The van der Waals surface area contributed by atoms with Gasteiger partial charge in [-0.3, -0.25) is 0 Å². The van der Waals surface area contributed by atoms with E-state index in [0.29, 0.717) is 19.0 Å². The summed E-state index contributed by atoms with van der Waals surface area (Å²) in [5.74, 6) is 0.628. The number of urea groups is 1. The van der Waals surface area contributed by atoms with Crippen molar-refractivity contribution in [1.82, 2.24) is 10.2 Å². The van der Waals surface area contributed by atoms with Crippen LogP contribution in [0.5, 0.6) is 0 Å². The molecule has 1 N–H and O–H groups in total. The van der Waals surface area contributed by atoms with Crippen molar-refractivity contribution >= 4 is 6.03 Å². The first-order chi connectivity index (χ1) is 7.49. The van der Waals surface area contributed by atoms with Crippen molar-refractivity contribution in [1.29, 1.82) is 0 Å². The summed E-state index contributed by atoms with van der Waals surface area (Å²) in [5, 5.41) is 2.96. The normalized spacial score (nSPS) is 25.9. The fourth-order valence-corrected chi connectivity index (χ4v) is 1.92. The van der Waals surface area contributed by atoms with Crippen LogP contribution in [0.3, 0.4) is 0 Å². The summed E-state index contributed by atoms with van der Waals surface area (Å²) in [6.45, 7) is 10.5. The molecule has 94 valence electrons. The number of rotatable bonds is 3. The van der Waals surface area contributed by atoms with Crippen molar-refractivity contribution < 1.29 is 9.53 Å². The molecule has 4 nitrogen and oxygen atoms in total. The molecular formula is C12H24N2O2. The molecule has 4 heteroatoms. The number of nitrogens with one attached hydrogen (secondary N) is 1. The van der Waals surface area contributed by atoms with E-state index in [0.717, 1.165) is 13.0 Å². The number of hydrogen-bond acceptors (Lipinski definition) is 2. The monoisotopic (exact) mass is 228 g/mol. The fourth-order valence-electron chi connectivity index (χ4n) is 1.92. The van der Waals surface area contributed by atoms with Crippen LogP contribution in [-0.4, -0.2) is 42.8 Å². The molecule has 16 heavy (non-hydrogen) atoms. The van der Waals surface area contributed by atoms with Crippen LogP contribution in [0.15, 0.2) is 0 Å². The lowest BCUT2D eigenvalue weighted by atomic mass is 10.1. The van der Waals surface area contributed by atoms with Crippen molar-refractivity contribution in [3.8, 4) is 0 Å². The molecule has 0 bridgehead atoms. The zero-order chi connectivity index (χ0) is 12.1. The van der Waals surface area contributed by atoms with Gasteiger partial charge in [0.15, 0.2) is 0 Å². The minimum atomic E-state index is 0.0441. The summed E-state index contributed by atoms with van der Waals surface area (Å²) in [4.78, 5) is 13.7. The average molecular weight is 228 g/mol. The van der Waals surface area contributed by atoms with Crippen LogP contribution in [-0.2, 0) is 4.74 Å². The van der Waals surface area contributed by atoms with Crippen molar-refractivity contribution in [2.75, 3.05) is 19.6 Å². The van der Waals surface area contributed by atoms with Crippen LogP contribution < -0.4 is 5.32 Å². The Balaban J connectivity index is 2.30. The van der Waals surface area contributed by atoms with E-state index >= 15 is 0 Å². The van der Waals surface area contributed by atoms with Crippen LogP contribution in [0, 0.1) is 5.92 Å². The van der Waals surface area contributed by atoms with Crippen LogP contribution >= 0.6 is 0 Å². The number of nitrogens with zero attached hydrogens (tertiary/aromatic N) is 1. The van der Waals surface area contributed by atoms with Gasteiger partial charge in [-0.15, -0.1) is 0 Å². The Morgan fingerprint density at radius 1 is 1.38 bits per heavy atom. The number of carbonyl (C=O) groups excluding carboxylic acids is 1. The maximum atomic E-state index is 11.8. The third-order valence-corrected chi connectivity index (χ3v) is 2.70. The second-order valence-electron chi connectivity index (χ2n) is 5.08. The molecule has 0 aromatic rings. The Bertz CT molecular complexity index is 221. The molecule has 1 saturated heterocycles. The van der Waals surface area contributed by atoms with Gasteiger partial charge < -0.3 is 15.0 Å². The van der Waals surface area contributed by atoms with Gasteiger partial charge in [-0.05, 0) is 26.2 Å². The van der Waals surface area contributed by atoms with Crippen molar-refractivity contribution in [3.05, 3.63) is 0 Å². The molecule has 1 aliphatic heterocycles. The molecule has 1 heterocycles. The molecule has 0 aromatic heterocycles. The van der Waals surface area contributed by atoms with E-state index in [1.807, 2.05) is 18.7 Å². The lowest BCUT2D eigenvalue weighted by Gasteiger charge is -2.35. The van der Waals surface area contributed by atoms with Gasteiger partial charge in [-0.25, -0.2) is 4.79 Å². The first kappa shape index (κ1) is 13.3.